The van der Waals surface area contributed by atoms with Crippen molar-refractivity contribution in [2.24, 2.45) is 11.1 Å². The van der Waals surface area contributed by atoms with Gasteiger partial charge in [0.25, 0.3) is 0 Å². The molecule has 4 heteroatoms. The van der Waals surface area contributed by atoms with E-state index in [9.17, 15) is 4.79 Å². The van der Waals surface area contributed by atoms with Crippen LogP contribution in [0.5, 0.6) is 0 Å². The van der Waals surface area contributed by atoms with Gasteiger partial charge in [0.05, 0.1) is 10.4 Å². The molecular weight excluding hydrogens is 232 g/mol. The highest BCUT2D eigenvalue weighted by atomic mass is 32.1. The van der Waals surface area contributed by atoms with Crippen LogP contribution in [-0.4, -0.2) is 10.9 Å². The molecular formula is C13H16N2OS. The summed E-state index contributed by atoms with van der Waals surface area (Å²) < 4.78 is 0. The van der Waals surface area contributed by atoms with Gasteiger partial charge in [-0.1, -0.05) is 43.3 Å². The quantitative estimate of drug-likeness (QED) is 0.808. The first-order valence-corrected chi connectivity index (χ1v) is 6.22. The zero-order chi connectivity index (χ0) is 12.3. The lowest BCUT2D eigenvalue weighted by molar-refractivity contribution is -0.122. The summed E-state index contributed by atoms with van der Waals surface area (Å²) in [5.74, 6) is -0.0614. The number of para-hydroxylation sites is 1. The summed E-state index contributed by atoms with van der Waals surface area (Å²) in [4.78, 5) is 12.6. The van der Waals surface area contributed by atoms with Gasteiger partial charge in [0, 0.05) is 5.69 Å². The van der Waals surface area contributed by atoms with Crippen LogP contribution in [0.15, 0.2) is 30.3 Å². The van der Waals surface area contributed by atoms with Crippen molar-refractivity contribution in [2.75, 3.05) is 5.32 Å². The van der Waals surface area contributed by atoms with Gasteiger partial charge in [-0.25, -0.2) is 0 Å². The summed E-state index contributed by atoms with van der Waals surface area (Å²) in [6.45, 7) is 0. The molecule has 1 aromatic rings. The minimum absolute atomic E-state index is 0.0614. The molecule has 3 nitrogen and oxygen atoms in total. The molecule has 0 heterocycles. The van der Waals surface area contributed by atoms with E-state index >= 15 is 0 Å². The fourth-order valence-corrected chi connectivity index (χ4v) is 2.63. The Morgan fingerprint density at radius 3 is 2.35 bits per heavy atom. The van der Waals surface area contributed by atoms with E-state index < -0.39 is 5.41 Å². The fraction of sp³-hybridized carbons (Fsp3) is 0.385. The molecule has 0 radical (unpaired) electrons. The lowest BCUT2D eigenvalue weighted by atomic mass is 9.85. The van der Waals surface area contributed by atoms with Crippen LogP contribution in [0.4, 0.5) is 5.69 Å². The Morgan fingerprint density at radius 1 is 1.24 bits per heavy atom. The average molecular weight is 248 g/mol. The molecule has 1 saturated carbocycles. The van der Waals surface area contributed by atoms with E-state index in [-0.39, 0.29) is 5.91 Å². The maximum Gasteiger partial charge on any atom is 0.237 e. The van der Waals surface area contributed by atoms with Gasteiger partial charge in [-0.15, -0.1) is 0 Å². The smallest absolute Gasteiger partial charge is 0.237 e. The second-order valence-corrected chi connectivity index (χ2v) is 4.91. The molecule has 0 spiro atoms. The molecule has 0 aliphatic heterocycles. The van der Waals surface area contributed by atoms with E-state index in [2.05, 4.69) is 5.32 Å². The molecule has 1 aliphatic rings. The Balaban J connectivity index is 2.16. The third-order valence-electron chi connectivity index (χ3n) is 3.40. The molecule has 90 valence electrons. The molecule has 0 bridgehead atoms. The normalized spacial score (nSPS) is 17.6. The van der Waals surface area contributed by atoms with Gasteiger partial charge in [0.1, 0.15) is 0 Å². The van der Waals surface area contributed by atoms with Crippen molar-refractivity contribution >= 4 is 28.8 Å². The molecule has 0 aromatic heterocycles. The van der Waals surface area contributed by atoms with Crippen LogP contribution in [0, 0.1) is 5.41 Å². The molecule has 3 N–H and O–H groups in total. The van der Waals surface area contributed by atoms with Crippen LogP contribution in [0.1, 0.15) is 25.7 Å². The second-order valence-electron chi connectivity index (χ2n) is 4.47. The number of carbonyl (C=O) groups is 1. The van der Waals surface area contributed by atoms with E-state index in [0.717, 1.165) is 31.4 Å². The monoisotopic (exact) mass is 248 g/mol. The van der Waals surface area contributed by atoms with Gasteiger partial charge in [-0.05, 0) is 25.0 Å². The predicted octanol–water partition coefficient (Wildman–Crippen LogP) is 2.47. The van der Waals surface area contributed by atoms with E-state index in [1.54, 1.807) is 0 Å². The summed E-state index contributed by atoms with van der Waals surface area (Å²) in [6.07, 6.45) is 3.56. The second kappa shape index (κ2) is 4.84. The first-order chi connectivity index (χ1) is 8.15. The number of rotatable bonds is 3. The first-order valence-electron chi connectivity index (χ1n) is 5.81. The maximum atomic E-state index is 12.3. The highest BCUT2D eigenvalue weighted by molar-refractivity contribution is 7.80. The van der Waals surface area contributed by atoms with Crippen LogP contribution in [0.2, 0.25) is 0 Å². The minimum Gasteiger partial charge on any atom is -0.392 e. The number of nitrogens with two attached hydrogens (primary N) is 1. The highest BCUT2D eigenvalue weighted by Gasteiger charge is 2.43. The third-order valence-corrected chi connectivity index (χ3v) is 3.79. The van der Waals surface area contributed by atoms with Crippen molar-refractivity contribution in [3.05, 3.63) is 30.3 Å². The van der Waals surface area contributed by atoms with E-state index in [4.69, 9.17) is 18.0 Å². The van der Waals surface area contributed by atoms with Crippen LogP contribution >= 0.6 is 12.2 Å². The number of anilines is 1. The van der Waals surface area contributed by atoms with Crippen molar-refractivity contribution in [2.45, 2.75) is 25.7 Å². The van der Waals surface area contributed by atoms with Crippen molar-refractivity contribution in [1.29, 1.82) is 0 Å². The lowest BCUT2D eigenvalue weighted by Gasteiger charge is -2.26. The number of thiocarbonyl (C=S) groups is 1. The zero-order valence-corrected chi connectivity index (χ0v) is 10.4. The molecule has 0 saturated heterocycles. The Morgan fingerprint density at radius 2 is 1.82 bits per heavy atom. The summed E-state index contributed by atoms with van der Waals surface area (Å²) in [7, 11) is 0. The van der Waals surface area contributed by atoms with E-state index in [1.807, 2.05) is 30.3 Å². The topological polar surface area (TPSA) is 55.1 Å². The average Bonchev–Trinajstić information content (AvgIpc) is 2.80. The van der Waals surface area contributed by atoms with Gasteiger partial charge in [0.15, 0.2) is 0 Å². The van der Waals surface area contributed by atoms with Crippen molar-refractivity contribution in [3.8, 4) is 0 Å². The Labute approximate surface area is 106 Å². The predicted molar refractivity (Wildman–Crippen MR) is 72.8 cm³/mol. The van der Waals surface area contributed by atoms with Gasteiger partial charge < -0.3 is 11.1 Å². The number of carbonyl (C=O) groups excluding carboxylic acids is 1. The SMILES string of the molecule is NC(=S)C1(C(=O)Nc2ccccc2)CCCC1. The van der Waals surface area contributed by atoms with Crippen molar-refractivity contribution in [3.63, 3.8) is 0 Å². The van der Waals surface area contributed by atoms with Gasteiger partial charge in [0.2, 0.25) is 5.91 Å². The summed E-state index contributed by atoms with van der Waals surface area (Å²) in [6, 6.07) is 9.41. The third kappa shape index (κ3) is 2.31. The molecule has 1 amide bonds. The highest BCUT2D eigenvalue weighted by Crippen LogP contribution is 2.39. The number of benzene rings is 1. The number of hydrogen-bond acceptors (Lipinski definition) is 2. The number of amides is 1. The molecule has 2 rings (SSSR count). The molecule has 1 aromatic carbocycles. The van der Waals surface area contributed by atoms with Crippen LogP contribution in [0.3, 0.4) is 0 Å². The largest absolute Gasteiger partial charge is 0.392 e. The van der Waals surface area contributed by atoms with Crippen LogP contribution in [0.25, 0.3) is 0 Å². The Bertz CT molecular complexity index is 424. The van der Waals surface area contributed by atoms with Crippen LogP contribution < -0.4 is 11.1 Å². The Hall–Kier alpha value is -1.42. The van der Waals surface area contributed by atoms with Gasteiger partial charge >= 0.3 is 0 Å². The van der Waals surface area contributed by atoms with Crippen molar-refractivity contribution in [1.82, 2.24) is 0 Å². The molecule has 0 atom stereocenters. The molecule has 0 unspecified atom stereocenters. The van der Waals surface area contributed by atoms with Gasteiger partial charge in [-0.3, -0.25) is 4.79 Å². The first kappa shape index (κ1) is 12.0. The molecule has 17 heavy (non-hydrogen) atoms. The lowest BCUT2D eigenvalue weighted by Crippen LogP contribution is -2.43. The number of nitrogens with one attached hydrogen (secondary N) is 1. The minimum atomic E-state index is -0.634. The Kier molecular flexibility index (Phi) is 3.43. The van der Waals surface area contributed by atoms with Crippen molar-refractivity contribution < 1.29 is 4.79 Å². The van der Waals surface area contributed by atoms with Gasteiger partial charge in [-0.2, -0.15) is 0 Å². The summed E-state index contributed by atoms with van der Waals surface area (Å²) >= 11 is 5.08. The standard InChI is InChI=1S/C13H16N2OS/c14-11(17)13(8-4-5-9-13)12(16)15-10-6-2-1-3-7-10/h1-3,6-7H,4-5,8-9H2,(H2,14,17)(H,15,16). The summed E-state index contributed by atoms with van der Waals surface area (Å²) in [5, 5.41) is 2.90. The molecule has 1 aliphatic carbocycles. The maximum absolute atomic E-state index is 12.3. The molecule has 1 fully saturated rings. The van der Waals surface area contributed by atoms with E-state index in [0.29, 0.717) is 4.99 Å². The summed E-state index contributed by atoms with van der Waals surface area (Å²) in [5.41, 5.74) is 5.92. The van der Waals surface area contributed by atoms with Crippen LogP contribution in [-0.2, 0) is 4.79 Å². The van der Waals surface area contributed by atoms with E-state index in [1.165, 1.54) is 0 Å². The number of hydrogen-bond donors (Lipinski definition) is 2. The fourth-order valence-electron chi connectivity index (χ4n) is 2.34. The zero-order valence-electron chi connectivity index (χ0n) is 9.61.